The molecule has 1 fully saturated rings. The van der Waals surface area contributed by atoms with E-state index >= 15 is 0 Å². The van der Waals surface area contributed by atoms with Crippen LogP contribution < -0.4 is 10.1 Å². The van der Waals surface area contributed by atoms with Crippen LogP contribution in [0, 0.1) is 5.92 Å². The molecule has 23 heavy (non-hydrogen) atoms. The number of anilines is 1. The van der Waals surface area contributed by atoms with Crippen molar-refractivity contribution < 1.29 is 19.4 Å². The summed E-state index contributed by atoms with van der Waals surface area (Å²) in [7, 11) is 1.51. The Bertz CT molecular complexity index is 583. The van der Waals surface area contributed by atoms with Gasteiger partial charge in [-0.25, -0.2) is 0 Å². The number of aliphatic carboxylic acids is 1. The van der Waals surface area contributed by atoms with E-state index in [9.17, 15) is 9.59 Å². The van der Waals surface area contributed by atoms with E-state index in [2.05, 4.69) is 5.32 Å². The maximum Gasteiger partial charge on any atom is 0.307 e. The SMILES string of the molecule is COc1ccc(Cl)cc1NC(=O)C(C)N1CCC(C(=O)O)C1.Cl. The summed E-state index contributed by atoms with van der Waals surface area (Å²) in [5, 5.41) is 12.3. The molecule has 2 unspecified atom stereocenters. The van der Waals surface area contributed by atoms with Gasteiger partial charge in [-0.3, -0.25) is 14.5 Å². The quantitative estimate of drug-likeness (QED) is 0.841. The third kappa shape index (κ3) is 4.73. The molecule has 2 N–H and O–H groups in total. The Morgan fingerprint density at radius 1 is 1.48 bits per heavy atom. The molecule has 0 spiro atoms. The van der Waals surface area contributed by atoms with Crippen LogP contribution in [0.5, 0.6) is 5.75 Å². The van der Waals surface area contributed by atoms with E-state index in [0.29, 0.717) is 36.0 Å². The van der Waals surface area contributed by atoms with Crippen molar-refractivity contribution in [2.75, 3.05) is 25.5 Å². The molecular formula is C15H20Cl2N2O4. The third-order valence-corrected chi connectivity index (χ3v) is 4.15. The molecule has 0 aromatic heterocycles. The minimum absolute atomic E-state index is 0. The van der Waals surface area contributed by atoms with E-state index in [-0.39, 0.29) is 18.3 Å². The minimum Gasteiger partial charge on any atom is -0.495 e. The van der Waals surface area contributed by atoms with Gasteiger partial charge in [0.2, 0.25) is 5.91 Å². The van der Waals surface area contributed by atoms with Crippen molar-refractivity contribution in [2.24, 2.45) is 5.92 Å². The van der Waals surface area contributed by atoms with Crippen molar-refractivity contribution in [1.29, 1.82) is 0 Å². The van der Waals surface area contributed by atoms with Crippen molar-refractivity contribution in [3.05, 3.63) is 23.2 Å². The summed E-state index contributed by atoms with van der Waals surface area (Å²) in [6.07, 6.45) is 0.563. The lowest BCUT2D eigenvalue weighted by Crippen LogP contribution is -2.41. The molecule has 1 amide bonds. The first-order valence-corrected chi connectivity index (χ1v) is 7.41. The second-order valence-electron chi connectivity index (χ2n) is 5.33. The topological polar surface area (TPSA) is 78.9 Å². The average Bonchev–Trinajstić information content (AvgIpc) is 2.96. The van der Waals surface area contributed by atoms with Crippen LogP contribution in [0.15, 0.2) is 18.2 Å². The molecule has 0 aliphatic carbocycles. The number of hydrogen-bond acceptors (Lipinski definition) is 4. The molecule has 0 bridgehead atoms. The Morgan fingerprint density at radius 2 is 2.17 bits per heavy atom. The van der Waals surface area contributed by atoms with E-state index in [1.807, 2.05) is 4.90 Å². The summed E-state index contributed by atoms with van der Waals surface area (Å²) in [6.45, 7) is 2.74. The highest BCUT2D eigenvalue weighted by Gasteiger charge is 2.33. The molecule has 2 rings (SSSR count). The van der Waals surface area contributed by atoms with E-state index < -0.39 is 17.9 Å². The second-order valence-corrected chi connectivity index (χ2v) is 5.77. The number of benzene rings is 1. The number of methoxy groups -OCH3 is 1. The summed E-state index contributed by atoms with van der Waals surface area (Å²) in [5.41, 5.74) is 0.501. The Balaban J connectivity index is 0.00000264. The average molecular weight is 363 g/mol. The van der Waals surface area contributed by atoms with Gasteiger partial charge in [0, 0.05) is 11.6 Å². The van der Waals surface area contributed by atoms with Gasteiger partial charge < -0.3 is 15.2 Å². The largest absolute Gasteiger partial charge is 0.495 e. The molecule has 128 valence electrons. The fourth-order valence-electron chi connectivity index (χ4n) is 2.52. The maximum atomic E-state index is 12.4. The van der Waals surface area contributed by atoms with E-state index in [1.165, 1.54) is 7.11 Å². The van der Waals surface area contributed by atoms with Gasteiger partial charge in [-0.2, -0.15) is 0 Å². The summed E-state index contributed by atoms with van der Waals surface area (Å²) >= 11 is 5.94. The Morgan fingerprint density at radius 3 is 2.74 bits per heavy atom. The van der Waals surface area contributed by atoms with E-state index in [0.717, 1.165) is 0 Å². The first kappa shape index (κ1) is 19.5. The standard InChI is InChI=1S/C15H19ClN2O4.ClH/c1-9(18-6-5-10(8-18)15(20)21)14(19)17-12-7-11(16)3-4-13(12)22-2;/h3-4,7,9-10H,5-6,8H2,1-2H3,(H,17,19)(H,20,21);1H. The number of carboxylic acids is 1. The third-order valence-electron chi connectivity index (χ3n) is 3.92. The van der Waals surface area contributed by atoms with Gasteiger partial charge in [-0.1, -0.05) is 11.6 Å². The number of amides is 1. The first-order chi connectivity index (χ1) is 10.4. The number of nitrogens with zero attached hydrogens (tertiary/aromatic N) is 1. The molecular weight excluding hydrogens is 343 g/mol. The summed E-state index contributed by atoms with van der Waals surface area (Å²) in [4.78, 5) is 25.2. The highest BCUT2D eigenvalue weighted by molar-refractivity contribution is 6.31. The number of halogens is 2. The monoisotopic (exact) mass is 362 g/mol. The predicted octanol–water partition coefficient (Wildman–Crippen LogP) is 2.50. The molecule has 1 saturated heterocycles. The van der Waals surface area contributed by atoms with Crippen LogP contribution in [0.25, 0.3) is 0 Å². The van der Waals surface area contributed by atoms with Crippen molar-refractivity contribution in [2.45, 2.75) is 19.4 Å². The van der Waals surface area contributed by atoms with Gasteiger partial charge in [-0.15, -0.1) is 12.4 Å². The smallest absolute Gasteiger partial charge is 0.307 e. The lowest BCUT2D eigenvalue weighted by molar-refractivity contribution is -0.141. The summed E-state index contributed by atoms with van der Waals surface area (Å²) in [5.74, 6) is -0.913. The fraction of sp³-hybridized carbons (Fsp3) is 0.467. The Kier molecular flexibility index (Phi) is 7.12. The van der Waals surface area contributed by atoms with Crippen molar-refractivity contribution in [1.82, 2.24) is 4.90 Å². The van der Waals surface area contributed by atoms with Crippen LogP contribution >= 0.6 is 24.0 Å². The van der Waals surface area contributed by atoms with Crippen LogP contribution in [-0.2, 0) is 9.59 Å². The Hall–Kier alpha value is -1.50. The molecule has 8 heteroatoms. The molecule has 0 radical (unpaired) electrons. The van der Waals surface area contributed by atoms with E-state index in [1.54, 1.807) is 25.1 Å². The highest BCUT2D eigenvalue weighted by Crippen LogP contribution is 2.28. The zero-order valence-electron chi connectivity index (χ0n) is 12.9. The number of hydrogen-bond donors (Lipinski definition) is 2. The van der Waals surface area contributed by atoms with Crippen LogP contribution in [0.4, 0.5) is 5.69 Å². The predicted molar refractivity (Wildman–Crippen MR) is 90.7 cm³/mol. The number of carbonyl (C=O) groups excluding carboxylic acids is 1. The van der Waals surface area contributed by atoms with Crippen LogP contribution in [0.1, 0.15) is 13.3 Å². The fourth-order valence-corrected chi connectivity index (χ4v) is 2.69. The zero-order valence-corrected chi connectivity index (χ0v) is 14.5. The Labute approximate surface area is 146 Å². The second kappa shape index (κ2) is 8.38. The molecule has 1 heterocycles. The maximum absolute atomic E-state index is 12.4. The number of carbonyl (C=O) groups is 2. The van der Waals surface area contributed by atoms with Gasteiger partial charge in [0.05, 0.1) is 24.8 Å². The van der Waals surface area contributed by atoms with Crippen LogP contribution in [0.2, 0.25) is 5.02 Å². The lowest BCUT2D eigenvalue weighted by atomic mass is 10.1. The molecule has 6 nitrogen and oxygen atoms in total. The van der Waals surface area contributed by atoms with Gasteiger partial charge in [-0.05, 0) is 38.1 Å². The van der Waals surface area contributed by atoms with Crippen LogP contribution in [0.3, 0.4) is 0 Å². The summed E-state index contributed by atoms with van der Waals surface area (Å²) in [6, 6.07) is 4.55. The van der Waals surface area contributed by atoms with Gasteiger partial charge in [0.25, 0.3) is 0 Å². The van der Waals surface area contributed by atoms with Crippen LogP contribution in [-0.4, -0.2) is 48.1 Å². The van der Waals surface area contributed by atoms with Gasteiger partial charge in [0.1, 0.15) is 5.75 Å². The molecule has 1 aromatic carbocycles. The first-order valence-electron chi connectivity index (χ1n) is 7.03. The number of ether oxygens (including phenoxy) is 1. The van der Waals surface area contributed by atoms with E-state index in [4.69, 9.17) is 21.4 Å². The lowest BCUT2D eigenvalue weighted by Gasteiger charge is -2.23. The molecule has 1 aliphatic rings. The number of rotatable bonds is 5. The molecule has 1 aromatic rings. The molecule has 2 atom stereocenters. The van der Waals surface area contributed by atoms with Crippen molar-refractivity contribution in [3.63, 3.8) is 0 Å². The highest BCUT2D eigenvalue weighted by atomic mass is 35.5. The van der Waals surface area contributed by atoms with Gasteiger partial charge >= 0.3 is 5.97 Å². The summed E-state index contributed by atoms with van der Waals surface area (Å²) < 4.78 is 5.19. The number of nitrogens with one attached hydrogen (secondary N) is 1. The minimum atomic E-state index is -0.813. The number of carboxylic acid groups (broad SMARTS) is 1. The zero-order chi connectivity index (χ0) is 16.3. The van der Waals surface area contributed by atoms with Crippen molar-refractivity contribution in [3.8, 4) is 5.75 Å². The number of likely N-dealkylation sites (tertiary alicyclic amines) is 1. The van der Waals surface area contributed by atoms with Gasteiger partial charge in [0.15, 0.2) is 0 Å². The molecule has 1 aliphatic heterocycles. The normalized spacial score (nSPS) is 18.8. The van der Waals surface area contributed by atoms with Crippen molar-refractivity contribution >= 4 is 41.6 Å². The molecule has 0 saturated carbocycles.